The van der Waals surface area contributed by atoms with Crippen LogP contribution in [0.5, 0.6) is 0 Å². The molecule has 1 heterocycles. The summed E-state index contributed by atoms with van der Waals surface area (Å²) in [6.45, 7) is 0.531. The number of carbonyl (C=O) groups excluding carboxylic acids is 1. The van der Waals surface area contributed by atoms with Gasteiger partial charge in [0.1, 0.15) is 6.10 Å². The van der Waals surface area contributed by atoms with Crippen molar-refractivity contribution in [2.75, 3.05) is 6.54 Å². The third-order valence-electron chi connectivity index (χ3n) is 3.38. The maximum atomic E-state index is 12.6. The Balaban J connectivity index is 2.29. The second kappa shape index (κ2) is 6.15. The summed E-state index contributed by atoms with van der Waals surface area (Å²) >= 11 is 0. The standard InChI is InChI=1S/C14H15F3N2O2/c15-14(16,17)10-5-3-9(4-6-10)12-11(13(18)20)2-1-7-19-8-21-12/h3-6,8,11-12H,1-2,7H2,(H2,18,20)/t11?,12-/m1/s1. The van der Waals surface area contributed by atoms with Crippen molar-refractivity contribution in [2.24, 2.45) is 16.6 Å². The summed E-state index contributed by atoms with van der Waals surface area (Å²) < 4.78 is 43.1. The number of benzene rings is 1. The van der Waals surface area contributed by atoms with Crippen LogP contribution in [0.2, 0.25) is 0 Å². The summed E-state index contributed by atoms with van der Waals surface area (Å²) in [5.74, 6) is -1.12. The Morgan fingerprint density at radius 1 is 1.29 bits per heavy atom. The van der Waals surface area contributed by atoms with Gasteiger partial charge in [-0.1, -0.05) is 12.1 Å². The summed E-state index contributed by atoms with van der Waals surface area (Å²) in [6.07, 6.45) is -2.72. The maximum Gasteiger partial charge on any atom is 0.416 e. The molecule has 0 aromatic heterocycles. The summed E-state index contributed by atoms with van der Waals surface area (Å²) in [5, 5.41) is 0. The van der Waals surface area contributed by atoms with E-state index in [4.69, 9.17) is 10.5 Å². The minimum absolute atomic E-state index is 0.472. The van der Waals surface area contributed by atoms with Crippen LogP contribution < -0.4 is 5.73 Å². The van der Waals surface area contributed by atoms with Gasteiger partial charge in [0, 0.05) is 6.54 Å². The van der Waals surface area contributed by atoms with Crippen molar-refractivity contribution in [3.63, 3.8) is 0 Å². The third kappa shape index (κ3) is 3.74. The Kier molecular flexibility index (Phi) is 4.50. The van der Waals surface area contributed by atoms with E-state index in [2.05, 4.69) is 4.99 Å². The van der Waals surface area contributed by atoms with Crippen LogP contribution in [0.4, 0.5) is 13.2 Å². The molecule has 21 heavy (non-hydrogen) atoms. The number of ether oxygens (including phenoxy) is 1. The first-order valence-corrected chi connectivity index (χ1v) is 6.50. The molecular formula is C14H15F3N2O2. The van der Waals surface area contributed by atoms with E-state index in [1.807, 2.05) is 0 Å². The van der Waals surface area contributed by atoms with Crippen LogP contribution in [0.3, 0.4) is 0 Å². The highest BCUT2D eigenvalue weighted by Gasteiger charge is 2.32. The van der Waals surface area contributed by atoms with E-state index in [-0.39, 0.29) is 0 Å². The van der Waals surface area contributed by atoms with Crippen molar-refractivity contribution in [1.82, 2.24) is 0 Å². The minimum atomic E-state index is -4.40. The van der Waals surface area contributed by atoms with E-state index in [0.717, 1.165) is 12.1 Å². The highest BCUT2D eigenvalue weighted by molar-refractivity contribution is 5.77. The molecule has 1 aliphatic heterocycles. The van der Waals surface area contributed by atoms with Crippen molar-refractivity contribution in [3.05, 3.63) is 35.4 Å². The quantitative estimate of drug-likeness (QED) is 0.912. The maximum absolute atomic E-state index is 12.6. The Morgan fingerprint density at radius 2 is 1.95 bits per heavy atom. The average Bonchev–Trinajstić information content (AvgIpc) is 2.37. The Hall–Kier alpha value is -2.05. The average molecular weight is 300 g/mol. The van der Waals surface area contributed by atoms with E-state index >= 15 is 0 Å². The fraction of sp³-hybridized carbons (Fsp3) is 0.429. The van der Waals surface area contributed by atoms with Gasteiger partial charge in [0.25, 0.3) is 0 Å². The van der Waals surface area contributed by atoms with Gasteiger partial charge in [-0.2, -0.15) is 13.2 Å². The number of alkyl halides is 3. The van der Waals surface area contributed by atoms with Crippen molar-refractivity contribution < 1.29 is 22.7 Å². The Morgan fingerprint density at radius 3 is 2.52 bits per heavy atom. The number of carbonyl (C=O) groups is 1. The lowest BCUT2D eigenvalue weighted by atomic mass is 9.90. The lowest BCUT2D eigenvalue weighted by Crippen LogP contribution is -2.31. The van der Waals surface area contributed by atoms with E-state index in [9.17, 15) is 18.0 Å². The number of nitrogens with two attached hydrogens (primary N) is 1. The molecule has 1 aliphatic rings. The number of nitrogens with zero attached hydrogens (tertiary/aromatic N) is 1. The fourth-order valence-corrected chi connectivity index (χ4v) is 2.27. The number of hydrogen-bond donors (Lipinski definition) is 1. The normalized spacial score (nSPS) is 23.0. The minimum Gasteiger partial charge on any atom is -0.475 e. The molecule has 1 amide bonds. The second-order valence-electron chi connectivity index (χ2n) is 4.84. The molecule has 0 radical (unpaired) electrons. The van der Waals surface area contributed by atoms with Crippen LogP contribution in [-0.4, -0.2) is 18.9 Å². The summed E-state index contributed by atoms with van der Waals surface area (Å²) in [4.78, 5) is 15.5. The van der Waals surface area contributed by atoms with Gasteiger partial charge in [0.2, 0.25) is 5.91 Å². The number of primary amides is 1. The van der Waals surface area contributed by atoms with E-state index in [1.54, 1.807) is 0 Å². The van der Waals surface area contributed by atoms with E-state index in [1.165, 1.54) is 18.5 Å². The second-order valence-corrected chi connectivity index (χ2v) is 4.84. The first kappa shape index (κ1) is 15.3. The first-order chi connectivity index (χ1) is 9.89. The molecule has 1 aromatic carbocycles. The van der Waals surface area contributed by atoms with Crippen LogP contribution in [0.1, 0.15) is 30.1 Å². The molecule has 0 bridgehead atoms. The summed E-state index contributed by atoms with van der Waals surface area (Å²) in [5.41, 5.74) is 5.09. The Labute approximate surface area is 119 Å². The van der Waals surface area contributed by atoms with Gasteiger partial charge in [-0.3, -0.25) is 9.79 Å². The summed E-state index contributed by atoms with van der Waals surface area (Å²) in [7, 11) is 0. The van der Waals surface area contributed by atoms with Crippen LogP contribution in [0.25, 0.3) is 0 Å². The third-order valence-corrected chi connectivity index (χ3v) is 3.38. The zero-order valence-corrected chi connectivity index (χ0v) is 11.1. The van der Waals surface area contributed by atoms with Gasteiger partial charge in [0.15, 0.2) is 6.40 Å². The predicted molar refractivity (Wildman–Crippen MR) is 70.5 cm³/mol. The van der Waals surface area contributed by atoms with Gasteiger partial charge < -0.3 is 10.5 Å². The van der Waals surface area contributed by atoms with Crippen LogP contribution >= 0.6 is 0 Å². The zero-order valence-electron chi connectivity index (χ0n) is 11.1. The SMILES string of the molecule is NC(=O)C1CCCN=CO[C@@H]1c1ccc(C(F)(F)F)cc1. The van der Waals surface area contributed by atoms with Crippen LogP contribution in [0.15, 0.2) is 29.3 Å². The number of amides is 1. The smallest absolute Gasteiger partial charge is 0.416 e. The number of aliphatic imine (C=N–C) groups is 1. The highest BCUT2D eigenvalue weighted by Crippen LogP contribution is 2.33. The molecule has 1 unspecified atom stereocenters. The van der Waals surface area contributed by atoms with Gasteiger partial charge in [-0.15, -0.1) is 0 Å². The van der Waals surface area contributed by atoms with E-state index in [0.29, 0.717) is 24.9 Å². The molecule has 0 saturated heterocycles. The molecule has 0 spiro atoms. The number of hydrogen-bond acceptors (Lipinski definition) is 3. The topological polar surface area (TPSA) is 64.7 Å². The van der Waals surface area contributed by atoms with Crippen molar-refractivity contribution in [2.45, 2.75) is 25.1 Å². The van der Waals surface area contributed by atoms with Gasteiger partial charge in [-0.25, -0.2) is 0 Å². The molecule has 0 aliphatic carbocycles. The monoisotopic (exact) mass is 300 g/mol. The van der Waals surface area contributed by atoms with Gasteiger partial charge >= 0.3 is 6.18 Å². The number of halogens is 3. The van der Waals surface area contributed by atoms with Crippen molar-refractivity contribution >= 4 is 12.3 Å². The molecule has 4 nitrogen and oxygen atoms in total. The first-order valence-electron chi connectivity index (χ1n) is 6.50. The van der Waals surface area contributed by atoms with Crippen LogP contribution in [0, 0.1) is 5.92 Å². The lowest BCUT2D eigenvalue weighted by molar-refractivity contribution is -0.137. The molecule has 2 atom stereocenters. The fourth-order valence-electron chi connectivity index (χ4n) is 2.27. The lowest BCUT2D eigenvalue weighted by Gasteiger charge is -2.25. The molecule has 7 heteroatoms. The predicted octanol–water partition coefficient (Wildman–Crippen LogP) is 2.69. The van der Waals surface area contributed by atoms with Gasteiger partial charge in [0.05, 0.1) is 11.5 Å². The molecular weight excluding hydrogens is 285 g/mol. The van der Waals surface area contributed by atoms with Crippen LogP contribution in [-0.2, 0) is 15.7 Å². The molecule has 2 N–H and O–H groups in total. The molecule has 1 aromatic rings. The molecule has 0 fully saturated rings. The Bertz CT molecular complexity index is 526. The molecule has 2 rings (SSSR count). The van der Waals surface area contributed by atoms with Gasteiger partial charge in [-0.05, 0) is 30.5 Å². The van der Waals surface area contributed by atoms with Crippen molar-refractivity contribution in [1.29, 1.82) is 0 Å². The molecule has 0 saturated carbocycles. The highest BCUT2D eigenvalue weighted by atomic mass is 19.4. The van der Waals surface area contributed by atoms with Crippen molar-refractivity contribution in [3.8, 4) is 0 Å². The van der Waals surface area contributed by atoms with E-state index < -0.39 is 29.7 Å². The largest absolute Gasteiger partial charge is 0.475 e. The molecule has 114 valence electrons. The zero-order chi connectivity index (χ0) is 15.5. The summed E-state index contributed by atoms with van der Waals surface area (Å²) in [6, 6.07) is 4.54. The number of rotatable bonds is 2.